The SMILES string of the molecule is CC[C@H](NC(=O)CN(c1ccc(F)cc1)S(=O)(=O)c1ccc(C)cc1)c1ccc(OC)c(C)c1. The Morgan fingerprint density at radius 3 is 2.24 bits per heavy atom. The number of ether oxygens (including phenoxy) is 1. The van der Waals surface area contributed by atoms with E-state index in [1.54, 1.807) is 19.2 Å². The highest BCUT2D eigenvalue weighted by Crippen LogP contribution is 2.26. The summed E-state index contributed by atoms with van der Waals surface area (Å²) in [5, 5.41) is 2.93. The van der Waals surface area contributed by atoms with Gasteiger partial charge in [-0.2, -0.15) is 0 Å². The average Bonchev–Trinajstić information content (AvgIpc) is 2.82. The molecule has 3 aromatic rings. The molecule has 0 radical (unpaired) electrons. The number of hydrogen-bond donors (Lipinski definition) is 1. The van der Waals surface area contributed by atoms with Crippen molar-refractivity contribution in [3.05, 3.63) is 89.2 Å². The molecule has 180 valence electrons. The number of carbonyl (C=O) groups excluding carboxylic acids is 1. The number of carbonyl (C=O) groups is 1. The minimum Gasteiger partial charge on any atom is -0.496 e. The van der Waals surface area contributed by atoms with Gasteiger partial charge in [0.25, 0.3) is 10.0 Å². The first-order valence-corrected chi connectivity index (χ1v) is 12.4. The summed E-state index contributed by atoms with van der Waals surface area (Å²) in [4.78, 5) is 13.1. The molecular weight excluding hydrogens is 455 g/mol. The summed E-state index contributed by atoms with van der Waals surface area (Å²) in [5.74, 6) is -0.223. The summed E-state index contributed by atoms with van der Waals surface area (Å²) in [6, 6.07) is 16.7. The van der Waals surface area contributed by atoms with Gasteiger partial charge in [-0.15, -0.1) is 0 Å². The van der Waals surface area contributed by atoms with Crippen molar-refractivity contribution in [2.24, 2.45) is 0 Å². The lowest BCUT2D eigenvalue weighted by atomic mass is 10.0. The van der Waals surface area contributed by atoms with Crippen LogP contribution in [-0.4, -0.2) is 28.0 Å². The van der Waals surface area contributed by atoms with Gasteiger partial charge in [-0.1, -0.05) is 36.8 Å². The van der Waals surface area contributed by atoms with Crippen molar-refractivity contribution >= 4 is 21.6 Å². The second-order valence-electron chi connectivity index (χ2n) is 8.06. The zero-order chi connectivity index (χ0) is 24.9. The fourth-order valence-corrected chi connectivity index (χ4v) is 5.09. The summed E-state index contributed by atoms with van der Waals surface area (Å²) in [6.45, 7) is 5.26. The predicted octanol–water partition coefficient (Wildman–Crippen LogP) is 4.91. The molecule has 34 heavy (non-hydrogen) atoms. The number of aryl methyl sites for hydroxylation is 2. The first kappa shape index (κ1) is 25.2. The first-order valence-electron chi connectivity index (χ1n) is 10.9. The molecule has 0 spiro atoms. The zero-order valence-electron chi connectivity index (χ0n) is 19.7. The number of benzene rings is 3. The Morgan fingerprint density at radius 2 is 1.68 bits per heavy atom. The quantitative estimate of drug-likeness (QED) is 0.468. The monoisotopic (exact) mass is 484 g/mol. The van der Waals surface area contributed by atoms with Crippen LogP contribution in [0.4, 0.5) is 10.1 Å². The molecule has 3 rings (SSSR count). The molecule has 0 aromatic heterocycles. The number of methoxy groups -OCH3 is 1. The lowest BCUT2D eigenvalue weighted by Crippen LogP contribution is -2.42. The van der Waals surface area contributed by atoms with Gasteiger partial charge in [0.05, 0.1) is 23.7 Å². The maximum Gasteiger partial charge on any atom is 0.264 e. The highest BCUT2D eigenvalue weighted by atomic mass is 32.2. The molecule has 0 fully saturated rings. The summed E-state index contributed by atoms with van der Waals surface area (Å²) in [5.41, 5.74) is 2.93. The van der Waals surface area contributed by atoms with Crippen LogP contribution in [0, 0.1) is 19.7 Å². The fourth-order valence-electron chi connectivity index (χ4n) is 3.67. The second-order valence-corrected chi connectivity index (χ2v) is 9.92. The molecule has 1 amide bonds. The van der Waals surface area contributed by atoms with Crippen molar-refractivity contribution in [3.63, 3.8) is 0 Å². The molecule has 0 heterocycles. The van der Waals surface area contributed by atoms with Gasteiger partial charge in [-0.3, -0.25) is 9.10 Å². The summed E-state index contributed by atoms with van der Waals surface area (Å²) < 4.78 is 46.7. The summed E-state index contributed by atoms with van der Waals surface area (Å²) in [6.07, 6.45) is 0.610. The maximum absolute atomic E-state index is 13.5. The topological polar surface area (TPSA) is 75.7 Å². The molecule has 8 heteroatoms. The van der Waals surface area contributed by atoms with Crippen LogP contribution in [0.1, 0.15) is 36.1 Å². The third-order valence-electron chi connectivity index (χ3n) is 5.58. The minimum absolute atomic E-state index is 0.0491. The number of amides is 1. The van der Waals surface area contributed by atoms with Gasteiger partial charge < -0.3 is 10.1 Å². The fraction of sp³-hybridized carbons (Fsp3) is 0.269. The predicted molar refractivity (Wildman–Crippen MR) is 131 cm³/mol. The van der Waals surface area contributed by atoms with Crippen molar-refractivity contribution in [2.45, 2.75) is 38.1 Å². The Morgan fingerprint density at radius 1 is 1.03 bits per heavy atom. The zero-order valence-corrected chi connectivity index (χ0v) is 20.5. The van der Waals surface area contributed by atoms with Crippen LogP contribution in [0.3, 0.4) is 0 Å². The van der Waals surface area contributed by atoms with E-state index in [0.29, 0.717) is 6.42 Å². The van der Waals surface area contributed by atoms with Crippen LogP contribution in [0.15, 0.2) is 71.6 Å². The average molecular weight is 485 g/mol. The molecule has 1 N–H and O–H groups in total. The van der Waals surface area contributed by atoms with E-state index in [1.807, 2.05) is 39.0 Å². The van der Waals surface area contributed by atoms with E-state index in [9.17, 15) is 17.6 Å². The number of rotatable bonds is 9. The number of hydrogen-bond acceptors (Lipinski definition) is 4. The van der Waals surface area contributed by atoms with Crippen molar-refractivity contribution in [3.8, 4) is 5.75 Å². The molecule has 0 unspecified atom stereocenters. The van der Waals surface area contributed by atoms with E-state index in [1.165, 1.54) is 36.4 Å². The Bertz CT molecular complexity index is 1240. The van der Waals surface area contributed by atoms with Crippen molar-refractivity contribution in [2.75, 3.05) is 18.0 Å². The van der Waals surface area contributed by atoms with E-state index in [2.05, 4.69) is 5.32 Å². The van der Waals surface area contributed by atoms with Gasteiger partial charge in [0.2, 0.25) is 5.91 Å². The van der Waals surface area contributed by atoms with Crippen molar-refractivity contribution in [1.82, 2.24) is 5.32 Å². The van der Waals surface area contributed by atoms with Crippen LogP contribution in [0.5, 0.6) is 5.75 Å². The van der Waals surface area contributed by atoms with Crippen LogP contribution in [0.25, 0.3) is 0 Å². The number of sulfonamides is 1. The highest BCUT2D eigenvalue weighted by molar-refractivity contribution is 7.92. The largest absolute Gasteiger partial charge is 0.496 e. The third kappa shape index (κ3) is 5.75. The van der Waals surface area contributed by atoms with Gasteiger partial charge in [0, 0.05) is 0 Å². The van der Waals surface area contributed by atoms with Crippen molar-refractivity contribution in [1.29, 1.82) is 0 Å². The lowest BCUT2D eigenvalue weighted by molar-refractivity contribution is -0.120. The van der Waals surface area contributed by atoms with Crippen LogP contribution >= 0.6 is 0 Å². The first-order chi connectivity index (χ1) is 16.1. The Labute approximate surface area is 200 Å². The van der Waals surface area contributed by atoms with Crippen LogP contribution < -0.4 is 14.4 Å². The minimum atomic E-state index is -4.07. The summed E-state index contributed by atoms with van der Waals surface area (Å²) in [7, 11) is -2.47. The van der Waals surface area contributed by atoms with Gasteiger partial charge >= 0.3 is 0 Å². The van der Waals surface area contributed by atoms with Gasteiger partial charge in [0.15, 0.2) is 0 Å². The van der Waals surface area contributed by atoms with Gasteiger partial charge in [0.1, 0.15) is 18.1 Å². The molecule has 0 aliphatic rings. The third-order valence-corrected chi connectivity index (χ3v) is 7.36. The molecular formula is C26H29FN2O4S. The van der Waals surface area contributed by atoms with E-state index in [0.717, 1.165) is 26.7 Å². The van der Waals surface area contributed by atoms with Crippen molar-refractivity contribution < 1.29 is 22.3 Å². The smallest absolute Gasteiger partial charge is 0.264 e. The standard InChI is InChI=1S/C26H29FN2O4S/c1-5-24(20-8-15-25(33-4)19(3)16-20)28-26(30)17-29(22-11-9-21(27)10-12-22)34(31,32)23-13-6-18(2)7-14-23/h6-16,24H,5,17H2,1-4H3,(H,28,30)/t24-/m0/s1. The normalized spacial score (nSPS) is 12.1. The highest BCUT2D eigenvalue weighted by Gasteiger charge is 2.28. The van der Waals surface area contributed by atoms with Gasteiger partial charge in [-0.05, 0) is 73.9 Å². The van der Waals surface area contributed by atoms with E-state index in [4.69, 9.17) is 4.74 Å². The number of nitrogens with one attached hydrogen (secondary N) is 1. The number of nitrogens with zero attached hydrogens (tertiary/aromatic N) is 1. The molecule has 1 atom stereocenters. The number of anilines is 1. The lowest BCUT2D eigenvalue weighted by Gasteiger charge is -2.26. The molecule has 0 aliphatic heterocycles. The Kier molecular flexibility index (Phi) is 7.94. The molecule has 6 nitrogen and oxygen atoms in total. The van der Waals surface area contributed by atoms with Crippen LogP contribution in [-0.2, 0) is 14.8 Å². The van der Waals surface area contributed by atoms with E-state index in [-0.39, 0.29) is 16.6 Å². The number of halogens is 1. The molecule has 0 saturated heterocycles. The van der Waals surface area contributed by atoms with Crippen LogP contribution in [0.2, 0.25) is 0 Å². The van der Waals surface area contributed by atoms with E-state index >= 15 is 0 Å². The molecule has 0 saturated carbocycles. The molecule has 0 bridgehead atoms. The molecule has 3 aromatic carbocycles. The molecule has 0 aliphatic carbocycles. The summed E-state index contributed by atoms with van der Waals surface area (Å²) >= 11 is 0. The van der Waals surface area contributed by atoms with E-state index < -0.39 is 28.3 Å². The Hall–Kier alpha value is -3.39. The maximum atomic E-state index is 13.5. The Balaban J connectivity index is 1.89. The second kappa shape index (κ2) is 10.7. The van der Waals surface area contributed by atoms with Gasteiger partial charge in [-0.25, -0.2) is 12.8 Å².